The van der Waals surface area contributed by atoms with Gasteiger partial charge in [0.1, 0.15) is 0 Å². The van der Waals surface area contributed by atoms with Crippen LogP contribution in [0.1, 0.15) is 56.9 Å². The SMILES string of the molecule is PC(Cc1ccncc1)(C1CCCC1)C1CCCC1. The van der Waals surface area contributed by atoms with Crippen LogP contribution in [0.15, 0.2) is 24.5 Å². The fourth-order valence-electron chi connectivity index (χ4n) is 4.40. The smallest absolute Gasteiger partial charge is 0.0270 e. The first-order chi connectivity index (χ1) is 9.29. The van der Waals surface area contributed by atoms with Gasteiger partial charge in [-0.25, -0.2) is 0 Å². The minimum Gasteiger partial charge on any atom is -0.265 e. The van der Waals surface area contributed by atoms with Crippen molar-refractivity contribution in [3.63, 3.8) is 0 Å². The molecule has 2 fully saturated rings. The van der Waals surface area contributed by atoms with E-state index in [0.717, 1.165) is 11.8 Å². The first-order valence-corrected chi connectivity index (χ1v) is 8.54. The van der Waals surface area contributed by atoms with E-state index in [2.05, 4.69) is 26.4 Å². The lowest BCUT2D eigenvalue weighted by molar-refractivity contribution is 0.269. The van der Waals surface area contributed by atoms with Crippen LogP contribution in [-0.2, 0) is 6.42 Å². The molecule has 2 aliphatic carbocycles. The molecule has 1 atom stereocenters. The van der Waals surface area contributed by atoms with E-state index in [1.54, 1.807) is 0 Å². The topological polar surface area (TPSA) is 12.9 Å². The van der Waals surface area contributed by atoms with Crippen LogP contribution in [-0.4, -0.2) is 10.1 Å². The summed E-state index contributed by atoms with van der Waals surface area (Å²) in [6, 6.07) is 4.42. The quantitative estimate of drug-likeness (QED) is 0.731. The van der Waals surface area contributed by atoms with Crippen LogP contribution in [0, 0.1) is 11.8 Å². The molecule has 2 aliphatic rings. The molecule has 2 saturated carbocycles. The molecule has 1 unspecified atom stereocenters. The average Bonchev–Trinajstić information content (AvgIpc) is 3.14. The zero-order valence-electron chi connectivity index (χ0n) is 11.9. The van der Waals surface area contributed by atoms with Gasteiger partial charge in [0.25, 0.3) is 0 Å². The highest BCUT2D eigenvalue weighted by molar-refractivity contribution is 7.19. The molecule has 104 valence electrons. The molecule has 1 heterocycles. The number of hydrogen-bond donors (Lipinski definition) is 0. The van der Waals surface area contributed by atoms with Crippen LogP contribution >= 0.6 is 9.24 Å². The Bertz CT molecular complexity index is 375. The minimum absolute atomic E-state index is 0.453. The van der Waals surface area contributed by atoms with E-state index in [-0.39, 0.29) is 0 Å². The van der Waals surface area contributed by atoms with E-state index < -0.39 is 0 Å². The van der Waals surface area contributed by atoms with E-state index in [0.29, 0.717) is 5.16 Å². The predicted octanol–water partition coefficient (Wildman–Crippen LogP) is 4.62. The van der Waals surface area contributed by atoms with Crippen LogP contribution in [0.3, 0.4) is 0 Å². The molecule has 0 aromatic carbocycles. The summed E-state index contributed by atoms with van der Waals surface area (Å²) in [6.07, 6.45) is 16.7. The first-order valence-electron chi connectivity index (χ1n) is 7.97. The van der Waals surface area contributed by atoms with Crippen LogP contribution in [0.2, 0.25) is 0 Å². The molecule has 0 aliphatic heterocycles. The number of pyridine rings is 1. The molecule has 1 aromatic heterocycles. The molecule has 0 saturated heterocycles. The Morgan fingerprint density at radius 1 is 0.947 bits per heavy atom. The number of hydrogen-bond acceptors (Lipinski definition) is 1. The largest absolute Gasteiger partial charge is 0.265 e. The van der Waals surface area contributed by atoms with E-state index in [9.17, 15) is 0 Å². The van der Waals surface area contributed by atoms with Gasteiger partial charge in [0.15, 0.2) is 0 Å². The number of aromatic nitrogens is 1. The fraction of sp³-hybridized carbons (Fsp3) is 0.706. The van der Waals surface area contributed by atoms with Gasteiger partial charge in [0.05, 0.1) is 0 Å². The third kappa shape index (κ3) is 2.87. The van der Waals surface area contributed by atoms with Gasteiger partial charge in [-0.2, -0.15) is 0 Å². The molecule has 0 bridgehead atoms. The third-order valence-corrected chi connectivity index (χ3v) is 6.64. The van der Waals surface area contributed by atoms with Crippen LogP contribution < -0.4 is 0 Å². The molecule has 1 aromatic rings. The second kappa shape index (κ2) is 5.92. The van der Waals surface area contributed by atoms with Gasteiger partial charge in [0.2, 0.25) is 0 Å². The molecular formula is C17H26NP. The van der Waals surface area contributed by atoms with Gasteiger partial charge in [-0.3, -0.25) is 4.98 Å². The molecule has 3 rings (SSSR count). The summed E-state index contributed by atoms with van der Waals surface area (Å²) in [6.45, 7) is 0. The molecule has 0 radical (unpaired) electrons. The summed E-state index contributed by atoms with van der Waals surface area (Å²) in [5.41, 5.74) is 1.48. The Labute approximate surface area is 119 Å². The monoisotopic (exact) mass is 275 g/mol. The van der Waals surface area contributed by atoms with Crippen molar-refractivity contribution in [3.05, 3.63) is 30.1 Å². The van der Waals surface area contributed by atoms with E-state index >= 15 is 0 Å². The van der Waals surface area contributed by atoms with Crippen LogP contribution in [0.25, 0.3) is 0 Å². The Balaban J connectivity index is 1.82. The van der Waals surface area contributed by atoms with Gasteiger partial charge in [-0.15, -0.1) is 9.24 Å². The molecule has 0 spiro atoms. The Hall–Kier alpha value is -0.420. The van der Waals surface area contributed by atoms with Gasteiger partial charge in [-0.1, -0.05) is 25.7 Å². The Morgan fingerprint density at radius 3 is 1.89 bits per heavy atom. The Morgan fingerprint density at radius 2 is 1.42 bits per heavy atom. The standard InChI is InChI=1S/C17H26NP/c19-17(15-5-1-2-6-15,16-7-3-4-8-16)13-14-9-11-18-12-10-14/h9-12,15-16H,1-8,13,19H2. The summed E-state index contributed by atoms with van der Waals surface area (Å²) in [5, 5.41) is 0.453. The van der Waals surface area contributed by atoms with E-state index in [1.165, 1.54) is 63.4 Å². The minimum atomic E-state index is 0.453. The first kappa shape index (κ1) is 13.6. The third-order valence-electron chi connectivity index (χ3n) is 5.49. The summed E-state index contributed by atoms with van der Waals surface area (Å²) in [7, 11) is 3.33. The Kier molecular flexibility index (Phi) is 4.22. The second-order valence-corrected chi connectivity index (χ2v) is 7.68. The highest BCUT2D eigenvalue weighted by Gasteiger charge is 2.43. The van der Waals surface area contributed by atoms with E-state index in [1.807, 2.05) is 12.4 Å². The lowest BCUT2D eigenvalue weighted by Crippen LogP contribution is -2.39. The fourth-order valence-corrected chi connectivity index (χ4v) is 5.31. The molecular weight excluding hydrogens is 249 g/mol. The van der Waals surface area contributed by atoms with Crippen LogP contribution in [0.5, 0.6) is 0 Å². The maximum Gasteiger partial charge on any atom is 0.0270 e. The normalized spacial score (nSPS) is 22.2. The molecule has 0 amide bonds. The number of rotatable bonds is 4. The van der Waals surface area contributed by atoms with Crippen molar-refractivity contribution in [1.82, 2.24) is 4.98 Å². The van der Waals surface area contributed by atoms with Crippen molar-refractivity contribution in [2.24, 2.45) is 11.8 Å². The molecule has 0 N–H and O–H groups in total. The average molecular weight is 275 g/mol. The second-order valence-electron chi connectivity index (χ2n) is 6.61. The van der Waals surface area contributed by atoms with Crippen molar-refractivity contribution < 1.29 is 0 Å². The highest BCUT2D eigenvalue weighted by atomic mass is 31.0. The van der Waals surface area contributed by atoms with Crippen molar-refractivity contribution in [2.75, 3.05) is 0 Å². The summed E-state index contributed by atoms with van der Waals surface area (Å²) in [4.78, 5) is 4.16. The molecule has 2 heteroatoms. The zero-order chi connectivity index (χ0) is 13.1. The van der Waals surface area contributed by atoms with Crippen molar-refractivity contribution in [3.8, 4) is 0 Å². The maximum absolute atomic E-state index is 4.16. The van der Waals surface area contributed by atoms with Gasteiger partial charge >= 0.3 is 0 Å². The van der Waals surface area contributed by atoms with Gasteiger partial charge in [0, 0.05) is 12.4 Å². The maximum atomic E-state index is 4.16. The summed E-state index contributed by atoms with van der Waals surface area (Å²) >= 11 is 0. The predicted molar refractivity (Wildman–Crippen MR) is 84.3 cm³/mol. The van der Waals surface area contributed by atoms with Gasteiger partial charge in [-0.05, 0) is 66.8 Å². The van der Waals surface area contributed by atoms with Crippen molar-refractivity contribution in [1.29, 1.82) is 0 Å². The zero-order valence-corrected chi connectivity index (χ0v) is 13.0. The summed E-state index contributed by atoms with van der Waals surface area (Å²) < 4.78 is 0. The van der Waals surface area contributed by atoms with E-state index in [4.69, 9.17) is 0 Å². The van der Waals surface area contributed by atoms with Crippen LogP contribution in [0.4, 0.5) is 0 Å². The lowest BCUT2D eigenvalue weighted by Gasteiger charge is -2.41. The highest BCUT2D eigenvalue weighted by Crippen LogP contribution is 2.51. The lowest BCUT2D eigenvalue weighted by atomic mass is 9.75. The molecule has 1 nitrogen and oxygen atoms in total. The van der Waals surface area contributed by atoms with Crippen molar-refractivity contribution in [2.45, 2.75) is 62.9 Å². The van der Waals surface area contributed by atoms with Crippen molar-refractivity contribution >= 4 is 9.24 Å². The number of nitrogens with zero attached hydrogens (tertiary/aromatic N) is 1. The molecule has 19 heavy (non-hydrogen) atoms. The summed E-state index contributed by atoms with van der Waals surface area (Å²) in [5.74, 6) is 1.85. The van der Waals surface area contributed by atoms with Gasteiger partial charge < -0.3 is 0 Å².